The van der Waals surface area contributed by atoms with Crippen molar-refractivity contribution in [2.45, 2.75) is 90.4 Å². The number of hydrogen-bond donors (Lipinski definition) is 0. The fraction of sp³-hybridized carbons (Fsp3) is 0.826. The number of epoxide rings is 1. The number of hydrogen-bond acceptors (Lipinski definition) is 4. The monoisotopic (exact) mass is 372 g/mol. The molecule has 4 heteroatoms. The van der Waals surface area contributed by atoms with E-state index in [-0.39, 0.29) is 34.8 Å². The van der Waals surface area contributed by atoms with E-state index in [1.165, 1.54) is 18.9 Å². The molecule has 4 fully saturated rings. The Morgan fingerprint density at radius 2 is 1.93 bits per heavy atom. The number of allylic oxidation sites excluding steroid dienone is 1. The molecule has 5 rings (SSSR count). The third-order valence-electron chi connectivity index (χ3n) is 9.34. The molecule has 0 aromatic rings. The highest BCUT2D eigenvalue weighted by Gasteiger charge is 2.79. The molecule has 0 aromatic carbocycles. The Kier molecular flexibility index (Phi) is 3.62. The van der Waals surface area contributed by atoms with Crippen molar-refractivity contribution in [3.05, 3.63) is 11.6 Å². The number of esters is 1. The summed E-state index contributed by atoms with van der Waals surface area (Å²) < 4.78 is 11.6. The lowest BCUT2D eigenvalue weighted by Crippen LogP contribution is -2.54. The SMILES string of the molecule is CC(=O)O[C@H]1CC[C@@]2(C)C(=CC[C@@H]3[C@@H]2CC[C@@]2(C)[C@H]3C[C@@H]3O[C@]32C(C)=O)C1. The van der Waals surface area contributed by atoms with Crippen LogP contribution in [0.2, 0.25) is 0 Å². The third kappa shape index (κ3) is 2.14. The second-order valence-corrected chi connectivity index (χ2v) is 10.3. The van der Waals surface area contributed by atoms with Gasteiger partial charge in [-0.05, 0) is 68.6 Å². The topological polar surface area (TPSA) is 55.9 Å². The van der Waals surface area contributed by atoms with E-state index < -0.39 is 5.60 Å². The van der Waals surface area contributed by atoms with Crippen LogP contribution in [0.15, 0.2) is 11.6 Å². The van der Waals surface area contributed by atoms with Gasteiger partial charge in [0.2, 0.25) is 0 Å². The predicted octanol–water partition coefficient (Wildman–Crippen LogP) is 4.22. The number of rotatable bonds is 2. The van der Waals surface area contributed by atoms with Crippen LogP contribution >= 0.6 is 0 Å². The average molecular weight is 373 g/mol. The molecule has 1 saturated heterocycles. The number of ether oxygens (including phenoxy) is 2. The molecule has 4 nitrogen and oxygen atoms in total. The van der Waals surface area contributed by atoms with Crippen molar-refractivity contribution < 1.29 is 19.1 Å². The quantitative estimate of drug-likeness (QED) is 0.414. The first kappa shape index (κ1) is 17.9. The number of Topliss-reactive ketones (excluding diaryl/α,β-unsaturated/α-hetero) is 1. The van der Waals surface area contributed by atoms with Crippen LogP contribution in [0.1, 0.15) is 72.6 Å². The molecule has 0 N–H and O–H groups in total. The molecule has 0 amide bonds. The molecule has 8 atom stereocenters. The van der Waals surface area contributed by atoms with Gasteiger partial charge in [-0.1, -0.05) is 25.5 Å². The predicted molar refractivity (Wildman–Crippen MR) is 101 cm³/mol. The molecule has 1 aliphatic heterocycles. The first-order valence-electron chi connectivity index (χ1n) is 10.8. The van der Waals surface area contributed by atoms with Gasteiger partial charge in [-0.25, -0.2) is 0 Å². The maximum atomic E-state index is 12.5. The molecule has 0 radical (unpaired) electrons. The molecule has 0 unspecified atom stereocenters. The van der Waals surface area contributed by atoms with E-state index in [0.29, 0.717) is 17.8 Å². The van der Waals surface area contributed by atoms with Gasteiger partial charge >= 0.3 is 5.97 Å². The van der Waals surface area contributed by atoms with Crippen LogP contribution in [0, 0.1) is 28.6 Å². The lowest BCUT2D eigenvalue weighted by molar-refractivity contribution is -0.149. The van der Waals surface area contributed by atoms with Crippen LogP contribution < -0.4 is 0 Å². The Labute approximate surface area is 162 Å². The molecule has 4 aliphatic carbocycles. The number of ketones is 1. The molecular weight excluding hydrogens is 340 g/mol. The van der Waals surface area contributed by atoms with Gasteiger partial charge in [0, 0.05) is 18.8 Å². The Balaban J connectivity index is 1.43. The zero-order chi connectivity index (χ0) is 19.2. The molecule has 0 spiro atoms. The van der Waals surface area contributed by atoms with Crippen LogP contribution in [0.3, 0.4) is 0 Å². The van der Waals surface area contributed by atoms with Gasteiger partial charge in [-0.3, -0.25) is 9.59 Å². The zero-order valence-corrected chi connectivity index (χ0v) is 17.0. The van der Waals surface area contributed by atoms with Gasteiger partial charge in [0.25, 0.3) is 0 Å². The summed E-state index contributed by atoms with van der Waals surface area (Å²) in [6, 6.07) is 0. The fourth-order valence-electron chi connectivity index (χ4n) is 8.03. The summed E-state index contributed by atoms with van der Waals surface area (Å²) in [6.45, 7) is 8.03. The first-order chi connectivity index (χ1) is 12.7. The van der Waals surface area contributed by atoms with Gasteiger partial charge in [-0.15, -0.1) is 0 Å². The number of carbonyl (C=O) groups excluding carboxylic acids is 2. The van der Waals surface area contributed by atoms with Crippen molar-refractivity contribution >= 4 is 11.8 Å². The van der Waals surface area contributed by atoms with Crippen LogP contribution in [0.4, 0.5) is 0 Å². The van der Waals surface area contributed by atoms with Gasteiger partial charge in [0.15, 0.2) is 11.4 Å². The van der Waals surface area contributed by atoms with Crippen molar-refractivity contribution in [3.8, 4) is 0 Å². The smallest absolute Gasteiger partial charge is 0.302 e. The van der Waals surface area contributed by atoms with Crippen LogP contribution in [-0.4, -0.2) is 29.6 Å². The van der Waals surface area contributed by atoms with Gasteiger partial charge < -0.3 is 9.47 Å². The van der Waals surface area contributed by atoms with E-state index in [9.17, 15) is 9.59 Å². The highest BCUT2D eigenvalue weighted by Crippen LogP contribution is 2.73. The first-order valence-corrected chi connectivity index (χ1v) is 10.8. The summed E-state index contributed by atoms with van der Waals surface area (Å²) in [5.74, 6) is 2.03. The van der Waals surface area contributed by atoms with Crippen molar-refractivity contribution in [1.29, 1.82) is 0 Å². The third-order valence-corrected chi connectivity index (χ3v) is 9.34. The second kappa shape index (κ2) is 5.46. The minimum atomic E-state index is -0.472. The average Bonchev–Trinajstić information content (AvgIpc) is 3.27. The number of carbonyl (C=O) groups is 2. The summed E-state index contributed by atoms with van der Waals surface area (Å²) in [5.41, 5.74) is 1.30. The highest BCUT2D eigenvalue weighted by atomic mass is 16.6. The maximum absolute atomic E-state index is 12.5. The molecule has 3 saturated carbocycles. The lowest BCUT2D eigenvalue weighted by Gasteiger charge is -2.58. The Hall–Kier alpha value is -1.16. The second-order valence-electron chi connectivity index (χ2n) is 10.3. The normalized spacial score (nSPS) is 52.6. The summed E-state index contributed by atoms with van der Waals surface area (Å²) in [4.78, 5) is 23.8. The van der Waals surface area contributed by atoms with E-state index in [2.05, 4.69) is 19.9 Å². The Morgan fingerprint density at radius 1 is 1.15 bits per heavy atom. The number of fused-ring (bicyclic) bond motifs is 7. The Morgan fingerprint density at radius 3 is 2.63 bits per heavy atom. The summed E-state index contributed by atoms with van der Waals surface area (Å²) in [5, 5.41) is 0. The molecule has 148 valence electrons. The van der Waals surface area contributed by atoms with Crippen molar-refractivity contribution in [2.24, 2.45) is 28.6 Å². The van der Waals surface area contributed by atoms with Crippen molar-refractivity contribution in [3.63, 3.8) is 0 Å². The molecule has 0 aromatic heterocycles. The molecular formula is C23H32O4. The molecule has 5 aliphatic rings. The molecule has 27 heavy (non-hydrogen) atoms. The maximum Gasteiger partial charge on any atom is 0.302 e. The minimum Gasteiger partial charge on any atom is -0.462 e. The Bertz CT molecular complexity index is 741. The van der Waals surface area contributed by atoms with E-state index in [1.807, 2.05) is 0 Å². The highest BCUT2D eigenvalue weighted by molar-refractivity contribution is 5.90. The van der Waals surface area contributed by atoms with Crippen molar-refractivity contribution in [2.75, 3.05) is 0 Å². The van der Waals surface area contributed by atoms with E-state index in [4.69, 9.17) is 9.47 Å². The lowest BCUT2D eigenvalue weighted by atomic mass is 9.47. The largest absolute Gasteiger partial charge is 0.462 e. The van der Waals surface area contributed by atoms with Gasteiger partial charge in [0.05, 0.1) is 6.10 Å². The fourth-order valence-corrected chi connectivity index (χ4v) is 8.03. The zero-order valence-electron chi connectivity index (χ0n) is 17.0. The van der Waals surface area contributed by atoms with Gasteiger partial charge in [-0.2, -0.15) is 0 Å². The standard InChI is InChI=1S/C23H32O4/c1-13(24)23-20(27-23)12-19-17-6-5-15-11-16(26-14(2)25)7-9-21(15,3)18(17)8-10-22(19,23)4/h5,16-20H,6-12H2,1-4H3/t16-,17+,18-,19-,20-,21-,22-,23+/m0/s1. The van der Waals surface area contributed by atoms with E-state index in [0.717, 1.165) is 38.5 Å². The van der Waals surface area contributed by atoms with Gasteiger partial charge in [0.1, 0.15) is 6.10 Å². The van der Waals surface area contributed by atoms with Crippen LogP contribution in [0.25, 0.3) is 0 Å². The van der Waals surface area contributed by atoms with E-state index in [1.54, 1.807) is 6.92 Å². The van der Waals surface area contributed by atoms with Crippen molar-refractivity contribution in [1.82, 2.24) is 0 Å². The summed E-state index contributed by atoms with van der Waals surface area (Å²) in [6.07, 6.45) is 10.1. The minimum absolute atomic E-state index is 0.0152. The summed E-state index contributed by atoms with van der Waals surface area (Å²) >= 11 is 0. The molecule has 1 heterocycles. The molecule has 0 bridgehead atoms. The summed E-state index contributed by atoms with van der Waals surface area (Å²) in [7, 11) is 0. The van der Waals surface area contributed by atoms with Crippen LogP contribution in [0.5, 0.6) is 0 Å². The van der Waals surface area contributed by atoms with E-state index >= 15 is 0 Å². The van der Waals surface area contributed by atoms with Crippen LogP contribution in [-0.2, 0) is 19.1 Å².